The Bertz CT molecular complexity index is 1020. The highest BCUT2D eigenvalue weighted by atomic mass is 35.5. The minimum Gasteiger partial charge on any atom is -0.341 e. The number of likely N-dealkylation sites (tertiary alicyclic amines) is 1. The monoisotopic (exact) mass is 384 g/mol. The van der Waals surface area contributed by atoms with E-state index in [0.29, 0.717) is 16.4 Å². The fraction of sp³-hybridized carbons (Fsp3) is 0.263. The summed E-state index contributed by atoms with van der Waals surface area (Å²) < 4.78 is 6.71. The second-order valence-corrected chi connectivity index (χ2v) is 6.84. The average molecular weight is 385 g/mol. The maximum atomic E-state index is 12.3. The molecule has 1 amide bonds. The van der Waals surface area contributed by atoms with Crippen LogP contribution in [0.25, 0.3) is 22.8 Å². The lowest BCUT2D eigenvalue weighted by Gasteiger charge is -2.16. The number of rotatable bonds is 4. The molecule has 3 aromatic rings. The molecule has 1 aromatic carbocycles. The van der Waals surface area contributed by atoms with Crippen LogP contribution in [-0.2, 0) is 11.3 Å². The van der Waals surface area contributed by atoms with Crippen molar-refractivity contribution in [2.45, 2.75) is 19.4 Å². The SMILES string of the molecule is O=C(Cn1cc(-c2nc(-c3ccc(Cl)cc3)no2)ccc1=O)N1CCCC1. The summed E-state index contributed by atoms with van der Waals surface area (Å²) in [6.45, 7) is 1.51. The lowest BCUT2D eigenvalue weighted by Crippen LogP contribution is -2.34. The molecule has 1 saturated heterocycles. The van der Waals surface area contributed by atoms with Gasteiger partial charge in [-0.1, -0.05) is 16.8 Å². The molecule has 8 heteroatoms. The highest BCUT2D eigenvalue weighted by Crippen LogP contribution is 2.22. The molecule has 1 fully saturated rings. The van der Waals surface area contributed by atoms with E-state index in [1.54, 1.807) is 41.4 Å². The van der Waals surface area contributed by atoms with Gasteiger partial charge in [0.25, 0.3) is 11.4 Å². The minimum absolute atomic E-state index is 0.00481. The molecular weight excluding hydrogens is 368 g/mol. The molecule has 4 rings (SSSR count). The zero-order valence-corrected chi connectivity index (χ0v) is 15.2. The number of benzene rings is 1. The first-order chi connectivity index (χ1) is 13.1. The number of carbonyl (C=O) groups is 1. The zero-order valence-electron chi connectivity index (χ0n) is 14.5. The van der Waals surface area contributed by atoms with Gasteiger partial charge in [0.05, 0.1) is 5.56 Å². The Kier molecular flexibility index (Phi) is 4.77. The van der Waals surface area contributed by atoms with Gasteiger partial charge in [-0.25, -0.2) is 0 Å². The lowest BCUT2D eigenvalue weighted by molar-refractivity contribution is -0.130. The fourth-order valence-electron chi connectivity index (χ4n) is 3.05. The first-order valence-corrected chi connectivity index (χ1v) is 9.06. The van der Waals surface area contributed by atoms with Gasteiger partial charge in [-0.3, -0.25) is 9.59 Å². The van der Waals surface area contributed by atoms with E-state index in [1.807, 2.05) is 0 Å². The minimum atomic E-state index is -0.247. The summed E-state index contributed by atoms with van der Waals surface area (Å²) >= 11 is 5.89. The van der Waals surface area contributed by atoms with E-state index in [0.717, 1.165) is 31.5 Å². The van der Waals surface area contributed by atoms with E-state index in [-0.39, 0.29) is 23.9 Å². The Balaban J connectivity index is 1.58. The molecule has 0 N–H and O–H groups in total. The van der Waals surface area contributed by atoms with Gasteiger partial charge in [-0.15, -0.1) is 0 Å². The van der Waals surface area contributed by atoms with Crippen molar-refractivity contribution < 1.29 is 9.32 Å². The summed E-state index contributed by atoms with van der Waals surface area (Å²) in [5, 5.41) is 4.60. The quantitative estimate of drug-likeness (QED) is 0.690. The van der Waals surface area contributed by atoms with Crippen molar-refractivity contribution in [3.63, 3.8) is 0 Å². The van der Waals surface area contributed by atoms with E-state index in [1.165, 1.54) is 10.6 Å². The van der Waals surface area contributed by atoms with Crippen LogP contribution in [0.3, 0.4) is 0 Å². The summed E-state index contributed by atoms with van der Waals surface area (Å²) in [7, 11) is 0. The van der Waals surface area contributed by atoms with Crippen LogP contribution in [0, 0.1) is 0 Å². The van der Waals surface area contributed by atoms with Gasteiger partial charge in [0, 0.05) is 35.9 Å². The van der Waals surface area contributed by atoms with E-state index in [9.17, 15) is 9.59 Å². The number of aromatic nitrogens is 3. The standard InChI is InChI=1S/C19H17ClN4O3/c20-15-6-3-13(4-7-15)18-21-19(27-22-18)14-5-8-16(25)24(11-14)12-17(26)23-9-1-2-10-23/h3-8,11H,1-2,9-10,12H2. The molecule has 0 radical (unpaired) electrons. The van der Waals surface area contributed by atoms with E-state index >= 15 is 0 Å². The molecule has 2 aromatic heterocycles. The van der Waals surface area contributed by atoms with Crippen LogP contribution in [0.5, 0.6) is 0 Å². The summed E-state index contributed by atoms with van der Waals surface area (Å²) in [5.74, 6) is 0.647. The number of amides is 1. The van der Waals surface area contributed by atoms with Crippen LogP contribution in [0.1, 0.15) is 12.8 Å². The molecule has 7 nitrogen and oxygen atoms in total. The van der Waals surface area contributed by atoms with Crippen LogP contribution in [0.2, 0.25) is 5.02 Å². The largest absolute Gasteiger partial charge is 0.341 e. The number of halogens is 1. The number of carbonyl (C=O) groups excluding carboxylic acids is 1. The topological polar surface area (TPSA) is 81.2 Å². The molecular formula is C19H17ClN4O3. The molecule has 27 heavy (non-hydrogen) atoms. The normalized spacial score (nSPS) is 13.9. The molecule has 138 valence electrons. The van der Waals surface area contributed by atoms with Crippen molar-refractivity contribution in [1.29, 1.82) is 0 Å². The first-order valence-electron chi connectivity index (χ1n) is 8.68. The molecule has 0 saturated carbocycles. The first kappa shape index (κ1) is 17.5. The average Bonchev–Trinajstić information content (AvgIpc) is 3.36. The highest BCUT2D eigenvalue weighted by molar-refractivity contribution is 6.30. The summed E-state index contributed by atoms with van der Waals surface area (Å²) in [5.41, 5.74) is 1.10. The number of pyridine rings is 1. The molecule has 1 aliphatic rings. The van der Waals surface area contributed by atoms with Crippen molar-refractivity contribution in [1.82, 2.24) is 19.6 Å². The van der Waals surface area contributed by atoms with Gasteiger partial charge in [0.2, 0.25) is 11.7 Å². The number of hydrogen-bond donors (Lipinski definition) is 0. The molecule has 1 aliphatic heterocycles. The van der Waals surface area contributed by atoms with Crippen LogP contribution >= 0.6 is 11.6 Å². The summed E-state index contributed by atoms with van der Waals surface area (Å²) in [6.07, 6.45) is 3.60. The van der Waals surface area contributed by atoms with Crippen molar-refractivity contribution in [3.8, 4) is 22.8 Å². The van der Waals surface area contributed by atoms with Crippen molar-refractivity contribution >= 4 is 17.5 Å². The summed E-state index contributed by atoms with van der Waals surface area (Å²) in [6, 6.07) is 10.1. The van der Waals surface area contributed by atoms with E-state index in [4.69, 9.17) is 16.1 Å². The molecule has 0 atom stereocenters. The Hall–Kier alpha value is -2.93. The Morgan fingerprint density at radius 1 is 1.07 bits per heavy atom. The predicted octanol–water partition coefficient (Wildman–Crippen LogP) is 2.84. The van der Waals surface area contributed by atoms with Crippen molar-refractivity contribution in [3.05, 3.63) is 58.0 Å². The molecule has 0 bridgehead atoms. The van der Waals surface area contributed by atoms with Gasteiger partial charge in [-0.05, 0) is 43.2 Å². The van der Waals surface area contributed by atoms with Crippen LogP contribution in [0.4, 0.5) is 0 Å². The summed E-state index contributed by atoms with van der Waals surface area (Å²) in [4.78, 5) is 30.6. The van der Waals surface area contributed by atoms with Crippen molar-refractivity contribution in [2.24, 2.45) is 0 Å². The number of nitrogens with zero attached hydrogens (tertiary/aromatic N) is 4. The van der Waals surface area contributed by atoms with Crippen LogP contribution in [0.15, 0.2) is 51.9 Å². The Morgan fingerprint density at radius 2 is 1.78 bits per heavy atom. The second-order valence-electron chi connectivity index (χ2n) is 6.40. The third-order valence-corrected chi connectivity index (χ3v) is 4.78. The van der Waals surface area contributed by atoms with E-state index in [2.05, 4.69) is 10.1 Å². The fourth-order valence-corrected chi connectivity index (χ4v) is 3.18. The lowest BCUT2D eigenvalue weighted by atomic mass is 10.2. The van der Waals surface area contributed by atoms with Gasteiger partial charge < -0.3 is 14.0 Å². The van der Waals surface area contributed by atoms with Gasteiger partial charge in [0.15, 0.2) is 0 Å². The van der Waals surface area contributed by atoms with Crippen LogP contribution < -0.4 is 5.56 Å². The third-order valence-electron chi connectivity index (χ3n) is 4.52. The molecule has 0 spiro atoms. The van der Waals surface area contributed by atoms with E-state index < -0.39 is 0 Å². The van der Waals surface area contributed by atoms with Crippen LogP contribution in [-0.4, -0.2) is 38.6 Å². The smallest absolute Gasteiger partial charge is 0.259 e. The highest BCUT2D eigenvalue weighted by Gasteiger charge is 2.19. The molecule has 0 unspecified atom stereocenters. The van der Waals surface area contributed by atoms with Crippen molar-refractivity contribution in [2.75, 3.05) is 13.1 Å². The third kappa shape index (κ3) is 3.78. The number of hydrogen-bond acceptors (Lipinski definition) is 5. The Morgan fingerprint density at radius 3 is 2.52 bits per heavy atom. The molecule has 0 aliphatic carbocycles. The Labute approximate surface area is 160 Å². The van der Waals surface area contributed by atoms with Gasteiger partial charge in [-0.2, -0.15) is 4.98 Å². The second kappa shape index (κ2) is 7.36. The van der Waals surface area contributed by atoms with Gasteiger partial charge in [0.1, 0.15) is 6.54 Å². The maximum absolute atomic E-state index is 12.3. The van der Waals surface area contributed by atoms with Gasteiger partial charge >= 0.3 is 0 Å². The molecule has 3 heterocycles. The predicted molar refractivity (Wildman–Crippen MR) is 100 cm³/mol. The zero-order chi connectivity index (χ0) is 18.8. The maximum Gasteiger partial charge on any atom is 0.259 e.